The molecular weight excluding hydrogens is 268 g/mol. The Morgan fingerprint density at radius 3 is 2.86 bits per heavy atom. The van der Waals surface area contributed by atoms with Crippen LogP contribution in [0.25, 0.3) is 0 Å². The lowest BCUT2D eigenvalue weighted by Gasteiger charge is -2.27. The molecule has 1 saturated heterocycles. The van der Waals surface area contributed by atoms with E-state index >= 15 is 0 Å². The van der Waals surface area contributed by atoms with E-state index < -0.39 is 6.10 Å². The average molecular weight is 292 g/mol. The molecule has 6 nitrogen and oxygen atoms in total. The van der Waals surface area contributed by atoms with Crippen LogP contribution in [0.3, 0.4) is 0 Å². The molecule has 0 aromatic heterocycles. The van der Waals surface area contributed by atoms with Crippen LogP contribution in [-0.2, 0) is 0 Å². The van der Waals surface area contributed by atoms with Crippen LogP contribution in [-0.4, -0.2) is 60.1 Å². The number of nitrogens with two attached hydrogens (primary N) is 1. The topological polar surface area (TPSA) is 81.8 Å². The smallest absolute Gasteiger partial charge is 0.256 e. The molecule has 1 fully saturated rings. The third-order valence-electron chi connectivity index (χ3n) is 3.79. The number of hydrogen-bond donors (Lipinski definition) is 3. The largest absolute Gasteiger partial charge is 0.391 e. The molecule has 2 atom stereocenters. The van der Waals surface area contributed by atoms with E-state index in [1.54, 1.807) is 11.0 Å². The molecule has 0 saturated carbocycles. The number of nitrogens with one attached hydrogen (secondary N) is 1. The van der Waals surface area contributed by atoms with Crippen LogP contribution in [0.4, 0.5) is 5.69 Å². The van der Waals surface area contributed by atoms with Crippen molar-refractivity contribution >= 4 is 11.6 Å². The average Bonchev–Trinajstić information content (AvgIpc) is 2.77. The van der Waals surface area contributed by atoms with Gasteiger partial charge in [0.1, 0.15) is 0 Å². The summed E-state index contributed by atoms with van der Waals surface area (Å²) in [5.41, 5.74) is 4.73. The molecule has 1 amide bonds. The van der Waals surface area contributed by atoms with Crippen molar-refractivity contribution in [2.24, 2.45) is 5.84 Å². The number of nitrogen functional groups attached to an aromatic ring is 1. The van der Waals surface area contributed by atoms with Crippen LogP contribution in [0, 0.1) is 6.92 Å². The van der Waals surface area contributed by atoms with Gasteiger partial charge in [0.05, 0.1) is 17.4 Å². The number of β-amino-alcohol motifs (C(OH)–C–C–N with tert-alkyl or cyclic N) is 1. The first-order valence-corrected chi connectivity index (χ1v) is 7.13. The number of aliphatic hydroxyl groups excluding tert-OH is 1. The molecule has 1 aliphatic heterocycles. The predicted molar refractivity (Wildman–Crippen MR) is 83.0 cm³/mol. The molecule has 0 bridgehead atoms. The standard InChI is InChI=1S/C15H24N4O2/c1-10-4-5-14(17-16)13(6-10)15(21)19-9-12(20)7-11(19)8-18(2)3/h4-6,11-12,17,20H,7-9,16H2,1-3H3. The maximum atomic E-state index is 12.8. The highest BCUT2D eigenvalue weighted by Crippen LogP contribution is 2.25. The third-order valence-corrected chi connectivity index (χ3v) is 3.79. The number of amides is 1. The zero-order valence-electron chi connectivity index (χ0n) is 12.8. The number of carbonyl (C=O) groups excluding carboxylic acids is 1. The van der Waals surface area contributed by atoms with Gasteiger partial charge in [0.15, 0.2) is 0 Å². The fraction of sp³-hybridized carbons (Fsp3) is 0.533. The van der Waals surface area contributed by atoms with Gasteiger partial charge in [-0.15, -0.1) is 0 Å². The number of anilines is 1. The molecule has 2 rings (SSSR count). The van der Waals surface area contributed by atoms with Crippen molar-refractivity contribution in [2.75, 3.05) is 32.6 Å². The summed E-state index contributed by atoms with van der Waals surface area (Å²) in [4.78, 5) is 16.6. The number of rotatable bonds is 4. The highest BCUT2D eigenvalue weighted by atomic mass is 16.3. The van der Waals surface area contributed by atoms with Gasteiger partial charge < -0.3 is 20.3 Å². The molecule has 2 unspecified atom stereocenters. The van der Waals surface area contributed by atoms with Gasteiger partial charge in [-0.1, -0.05) is 11.6 Å². The first-order valence-electron chi connectivity index (χ1n) is 7.13. The second kappa shape index (κ2) is 6.43. The van der Waals surface area contributed by atoms with Gasteiger partial charge in [-0.25, -0.2) is 0 Å². The first kappa shape index (κ1) is 15.8. The Labute approximate surface area is 125 Å². The zero-order valence-corrected chi connectivity index (χ0v) is 12.8. The van der Waals surface area contributed by atoms with E-state index in [4.69, 9.17) is 5.84 Å². The summed E-state index contributed by atoms with van der Waals surface area (Å²) in [6.07, 6.45) is 0.152. The van der Waals surface area contributed by atoms with Gasteiger partial charge in [0.25, 0.3) is 5.91 Å². The van der Waals surface area contributed by atoms with Gasteiger partial charge in [-0.2, -0.15) is 0 Å². The Bertz CT molecular complexity index is 518. The van der Waals surface area contributed by atoms with Crippen molar-refractivity contribution in [2.45, 2.75) is 25.5 Å². The normalized spacial score (nSPS) is 21.9. The Kier molecular flexibility index (Phi) is 4.82. The summed E-state index contributed by atoms with van der Waals surface area (Å²) in [6.45, 7) is 3.04. The van der Waals surface area contributed by atoms with E-state index in [-0.39, 0.29) is 11.9 Å². The number of likely N-dealkylation sites (tertiary alicyclic amines) is 1. The number of hydrazine groups is 1. The Hall–Kier alpha value is -1.63. The lowest BCUT2D eigenvalue weighted by Crippen LogP contribution is -2.41. The Morgan fingerprint density at radius 2 is 2.24 bits per heavy atom. The van der Waals surface area contributed by atoms with Crippen LogP contribution in [0.2, 0.25) is 0 Å². The van der Waals surface area contributed by atoms with Crippen molar-refractivity contribution in [3.8, 4) is 0 Å². The minimum absolute atomic E-state index is 0.0219. The van der Waals surface area contributed by atoms with Crippen molar-refractivity contribution in [3.05, 3.63) is 29.3 Å². The lowest BCUT2D eigenvalue weighted by atomic mass is 10.1. The van der Waals surface area contributed by atoms with Gasteiger partial charge in [0.2, 0.25) is 0 Å². The predicted octanol–water partition coefficient (Wildman–Crippen LogP) is 0.418. The van der Waals surface area contributed by atoms with Crippen molar-refractivity contribution in [1.82, 2.24) is 9.80 Å². The van der Waals surface area contributed by atoms with Crippen molar-refractivity contribution < 1.29 is 9.90 Å². The first-order chi connectivity index (χ1) is 9.92. The second-order valence-corrected chi connectivity index (χ2v) is 5.96. The van der Waals surface area contributed by atoms with E-state index in [1.165, 1.54) is 0 Å². The minimum Gasteiger partial charge on any atom is -0.391 e. The number of aliphatic hydroxyl groups is 1. The number of benzene rings is 1. The van der Waals surface area contributed by atoms with E-state index in [1.807, 2.05) is 38.1 Å². The summed E-state index contributed by atoms with van der Waals surface area (Å²) in [7, 11) is 3.93. The summed E-state index contributed by atoms with van der Waals surface area (Å²) >= 11 is 0. The highest BCUT2D eigenvalue weighted by molar-refractivity contribution is 6.00. The SMILES string of the molecule is Cc1ccc(NN)c(C(=O)N2CC(O)CC2CN(C)C)c1. The van der Waals surface area contributed by atoms with Crippen LogP contribution in [0.1, 0.15) is 22.3 Å². The molecule has 1 aliphatic rings. The van der Waals surface area contributed by atoms with E-state index in [0.29, 0.717) is 24.2 Å². The van der Waals surface area contributed by atoms with Gasteiger partial charge >= 0.3 is 0 Å². The minimum atomic E-state index is -0.460. The van der Waals surface area contributed by atoms with E-state index in [0.717, 1.165) is 12.1 Å². The summed E-state index contributed by atoms with van der Waals surface area (Å²) in [5.74, 6) is 5.41. The van der Waals surface area contributed by atoms with E-state index in [2.05, 4.69) is 5.43 Å². The number of carbonyl (C=O) groups is 1. The van der Waals surface area contributed by atoms with Crippen LogP contribution >= 0.6 is 0 Å². The maximum Gasteiger partial charge on any atom is 0.256 e. The fourth-order valence-corrected chi connectivity index (χ4v) is 2.85. The van der Waals surface area contributed by atoms with Crippen LogP contribution < -0.4 is 11.3 Å². The number of aryl methyl sites for hydroxylation is 1. The molecule has 1 aromatic rings. The number of likely N-dealkylation sites (N-methyl/N-ethyl adjacent to an activating group) is 1. The van der Waals surface area contributed by atoms with Gasteiger partial charge in [-0.05, 0) is 39.6 Å². The number of nitrogens with zero attached hydrogens (tertiary/aromatic N) is 2. The molecule has 0 spiro atoms. The second-order valence-electron chi connectivity index (χ2n) is 5.96. The van der Waals surface area contributed by atoms with Crippen molar-refractivity contribution in [3.63, 3.8) is 0 Å². The van der Waals surface area contributed by atoms with Gasteiger partial charge in [0, 0.05) is 19.1 Å². The highest BCUT2D eigenvalue weighted by Gasteiger charge is 2.35. The van der Waals surface area contributed by atoms with Crippen LogP contribution in [0.5, 0.6) is 0 Å². The molecule has 1 heterocycles. The molecule has 116 valence electrons. The Morgan fingerprint density at radius 1 is 1.52 bits per heavy atom. The zero-order chi connectivity index (χ0) is 15.6. The summed E-state index contributed by atoms with van der Waals surface area (Å²) < 4.78 is 0. The quantitative estimate of drug-likeness (QED) is 0.553. The van der Waals surface area contributed by atoms with Gasteiger partial charge in [-0.3, -0.25) is 10.6 Å². The molecular formula is C15H24N4O2. The number of hydrogen-bond acceptors (Lipinski definition) is 5. The molecule has 21 heavy (non-hydrogen) atoms. The summed E-state index contributed by atoms with van der Waals surface area (Å²) in [5, 5.41) is 9.91. The monoisotopic (exact) mass is 292 g/mol. The maximum absolute atomic E-state index is 12.8. The Balaban J connectivity index is 2.27. The van der Waals surface area contributed by atoms with Crippen molar-refractivity contribution in [1.29, 1.82) is 0 Å². The molecule has 6 heteroatoms. The lowest BCUT2D eigenvalue weighted by molar-refractivity contribution is 0.0700. The molecule has 0 aliphatic carbocycles. The molecule has 1 aromatic carbocycles. The fourth-order valence-electron chi connectivity index (χ4n) is 2.85. The van der Waals surface area contributed by atoms with Crippen LogP contribution in [0.15, 0.2) is 18.2 Å². The summed E-state index contributed by atoms with van der Waals surface area (Å²) in [6, 6.07) is 5.56. The third kappa shape index (κ3) is 3.53. The molecule has 0 radical (unpaired) electrons. The molecule has 4 N–H and O–H groups in total. The van der Waals surface area contributed by atoms with E-state index in [9.17, 15) is 9.90 Å².